The zero-order chi connectivity index (χ0) is 31.8. The monoisotopic (exact) mass is 614 g/mol. The number of hydrogen-bond acceptors (Lipinski definition) is 10. The molecule has 0 fully saturated rings. The largest absolute Gasteiger partial charge is 0.481 e. The van der Waals surface area contributed by atoms with Crippen LogP contribution >= 0.6 is 12.6 Å². The molecule has 1 rings (SSSR count). The van der Waals surface area contributed by atoms with Crippen LogP contribution in [0.5, 0.6) is 0 Å². The molecule has 0 aliphatic carbocycles. The van der Waals surface area contributed by atoms with Gasteiger partial charge in [-0.05, 0) is 26.2 Å². The Morgan fingerprint density at radius 1 is 0.952 bits per heavy atom. The second kappa shape index (κ2) is 18.1. The van der Waals surface area contributed by atoms with E-state index in [4.69, 9.17) is 22.3 Å². The van der Waals surface area contributed by atoms with E-state index in [2.05, 4.69) is 48.9 Å². The van der Waals surface area contributed by atoms with E-state index in [1.54, 1.807) is 0 Å². The summed E-state index contributed by atoms with van der Waals surface area (Å²) in [5.74, 6) is -6.01. The van der Waals surface area contributed by atoms with Crippen LogP contribution in [0.15, 0.2) is 17.5 Å². The van der Waals surface area contributed by atoms with Crippen molar-refractivity contribution in [3.63, 3.8) is 0 Å². The normalized spacial score (nSPS) is 14.3. The minimum Gasteiger partial charge on any atom is -0.481 e. The van der Waals surface area contributed by atoms with Crippen LogP contribution in [0.2, 0.25) is 0 Å². The number of carboxylic acid groups (broad SMARTS) is 2. The molecule has 19 heteroatoms. The molecular weight excluding hydrogens is 576 g/mol. The maximum absolute atomic E-state index is 13.2. The number of rotatable bonds is 19. The number of aromatic nitrogens is 2. The van der Waals surface area contributed by atoms with E-state index in [0.717, 1.165) is 0 Å². The molecule has 1 heterocycles. The van der Waals surface area contributed by atoms with Gasteiger partial charge in [-0.25, -0.2) is 9.78 Å². The first-order valence-electron chi connectivity index (χ1n) is 12.8. The van der Waals surface area contributed by atoms with E-state index in [1.165, 1.54) is 19.4 Å². The highest BCUT2D eigenvalue weighted by molar-refractivity contribution is 7.80. The number of carbonyl (C=O) groups excluding carboxylic acids is 4. The molecule has 0 aromatic carbocycles. The molecular formula is C23H38N10O8S. The van der Waals surface area contributed by atoms with Crippen LogP contribution in [-0.4, -0.2) is 104 Å². The van der Waals surface area contributed by atoms with Gasteiger partial charge in [0.05, 0.1) is 12.4 Å². The fourth-order valence-corrected chi connectivity index (χ4v) is 3.60. The standard InChI is InChI=1S/C23H38N10O8S/c1-11(18(36)32-15(22(40)41)3-2-6-28-23(25)26)30-20(38)14(4-5-17(34)35)31-21(39)16(7-12-8-27-10-29-12)33-19(37)13(24)9-42/h8,10-11,13-16,42H,2-7,9,24H2,1H3,(H,27,29)(H,30,38)(H,31,39)(H,32,36)(H,33,37)(H,34,35)(H,40,41)(H4,25,26,28)/t11-,13-,14-,15-,16-/m0/s1. The highest BCUT2D eigenvalue weighted by Gasteiger charge is 2.31. The number of aromatic amines is 1. The quantitative estimate of drug-likeness (QED) is 0.0309. The maximum atomic E-state index is 13.2. The number of hydrogen-bond donors (Lipinski definition) is 11. The maximum Gasteiger partial charge on any atom is 0.326 e. The second-order valence-corrected chi connectivity index (χ2v) is 9.57. The fraction of sp³-hybridized carbons (Fsp3) is 0.565. The van der Waals surface area contributed by atoms with Gasteiger partial charge in [0.25, 0.3) is 0 Å². The summed E-state index contributed by atoms with van der Waals surface area (Å²) in [5, 5.41) is 28.1. The molecule has 234 valence electrons. The first kappa shape index (κ1) is 35.6. The average molecular weight is 615 g/mol. The molecule has 0 spiro atoms. The zero-order valence-electron chi connectivity index (χ0n) is 22.9. The van der Waals surface area contributed by atoms with Crippen molar-refractivity contribution in [3.05, 3.63) is 18.2 Å². The van der Waals surface area contributed by atoms with Crippen molar-refractivity contribution in [1.82, 2.24) is 31.2 Å². The number of H-pyrrole nitrogens is 1. The van der Waals surface area contributed by atoms with Crippen LogP contribution in [0.4, 0.5) is 0 Å². The molecule has 0 bridgehead atoms. The van der Waals surface area contributed by atoms with Gasteiger partial charge < -0.3 is 53.7 Å². The van der Waals surface area contributed by atoms with E-state index in [9.17, 15) is 33.9 Å². The van der Waals surface area contributed by atoms with Crippen LogP contribution in [0.3, 0.4) is 0 Å². The Hall–Kier alpha value is -4.39. The lowest BCUT2D eigenvalue weighted by Crippen LogP contribution is -2.58. The number of carbonyl (C=O) groups is 6. The van der Waals surface area contributed by atoms with Crippen molar-refractivity contribution >= 4 is 54.2 Å². The molecule has 5 atom stereocenters. The molecule has 0 unspecified atom stereocenters. The Kier molecular flexibility index (Phi) is 15.4. The summed E-state index contributed by atoms with van der Waals surface area (Å²) >= 11 is 3.97. The summed E-state index contributed by atoms with van der Waals surface area (Å²) in [6.07, 6.45) is 2.08. The fourth-order valence-electron chi connectivity index (χ4n) is 3.43. The second-order valence-electron chi connectivity index (χ2n) is 9.20. The number of nitrogens with one attached hydrogen (secondary N) is 5. The molecule has 0 saturated heterocycles. The number of nitrogens with two attached hydrogens (primary N) is 3. The number of amides is 4. The van der Waals surface area contributed by atoms with Gasteiger partial charge in [0.2, 0.25) is 23.6 Å². The highest BCUT2D eigenvalue weighted by atomic mass is 32.1. The number of guanidine groups is 1. The van der Waals surface area contributed by atoms with Gasteiger partial charge in [-0.1, -0.05) is 0 Å². The Morgan fingerprint density at radius 3 is 2.12 bits per heavy atom. The Morgan fingerprint density at radius 2 is 1.57 bits per heavy atom. The molecule has 0 aliphatic heterocycles. The molecule has 0 saturated carbocycles. The Labute approximate surface area is 246 Å². The van der Waals surface area contributed by atoms with Crippen molar-refractivity contribution in [3.8, 4) is 0 Å². The first-order chi connectivity index (χ1) is 19.7. The van der Waals surface area contributed by atoms with Crippen molar-refractivity contribution < 1.29 is 39.0 Å². The van der Waals surface area contributed by atoms with Crippen molar-refractivity contribution in [1.29, 1.82) is 0 Å². The van der Waals surface area contributed by atoms with Crippen LogP contribution in [0, 0.1) is 0 Å². The van der Waals surface area contributed by atoms with E-state index in [1.807, 2.05) is 0 Å². The van der Waals surface area contributed by atoms with Crippen molar-refractivity contribution in [2.24, 2.45) is 22.2 Å². The summed E-state index contributed by atoms with van der Waals surface area (Å²) in [5.41, 5.74) is 16.6. The molecule has 0 aliphatic rings. The number of carboxylic acids is 2. The predicted octanol–water partition coefficient (Wildman–Crippen LogP) is -3.83. The predicted molar refractivity (Wildman–Crippen MR) is 152 cm³/mol. The Balaban J connectivity index is 2.97. The molecule has 18 nitrogen and oxygen atoms in total. The number of aliphatic carboxylic acids is 2. The van der Waals surface area contributed by atoms with Crippen LogP contribution in [-0.2, 0) is 35.2 Å². The topological polar surface area (TPSA) is 310 Å². The smallest absolute Gasteiger partial charge is 0.326 e. The number of aliphatic imine (C=N–C) groups is 1. The first-order valence-corrected chi connectivity index (χ1v) is 13.4. The molecule has 1 aromatic heterocycles. The van der Waals surface area contributed by atoms with Crippen molar-refractivity contribution in [2.75, 3.05) is 12.3 Å². The number of thiol groups is 1. The van der Waals surface area contributed by atoms with Gasteiger partial charge in [0.15, 0.2) is 5.96 Å². The molecule has 1 aromatic rings. The SMILES string of the molecule is C[C@H](NC(=O)[C@H](CCC(=O)O)NC(=O)[C@H](Cc1cnc[nH]1)NC(=O)[C@@H](N)CS)C(=O)N[C@@H](CCCN=C(N)N)C(=O)O. The van der Waals surface area contributed by atoms with E-state index in [0.29, 0.717) is 5.69 Å². The van der Waals surface area contributed by atoms with E-state index < -0.39 is 72.2 Å². The van der Waals surface area contributed by atoms with Gasteiger partial charge in [-0.2, -0.15) is 12.6 Å². The summed E-state index contributed by atoms with van der Waals surface area (Å²) in [4.78, 5) is 84.3. The van der Waals surface area contributed by atoms with Gasteiger partial charge in [0.1, 0.15) is 24.2 Å². The van der Waals surface area contributed by atoms with E-state index in [-0.39, 0.29) is 43.9 Å². The third-order valence-corrected chi connectivity index (χ3v) is 6.13. The molecule has 13 N–H and O–H groups in total. The van der Waals surface area contributed by atoms with Crippen LogP contribution in [0.25, 0.3) is 0 Å². The molecule has 42 heavy (non-hydrogen) atoms. The van der Waals surface area contributed by atoms with Gasteiger partial charge in [0, 0.05) is 37.0 Å². The van der Waals surface area contributed by atoms with E-state index >= 15 is 0 Å². The molecule has 4 amide bonds. The lowest BCUT2D eigenvalue weighted by Gasteiger charge is -2.25. The summed E-state index contributed by atoms with van der Waals surface area (Å²) in [6, 6.07) is -6.27. The lowest BCUT2D eigenvalue weighted by molar-refractivity contribution is -0.142. The summed E-state index contributed by atoms with van der Waals surface area (Å²) < 4.78 is 0. The molecule has 0 radical (unpaired) electrons. The highest BCUT2D eigenvalue weighted by Crippen LogP contribution is 2.05. The minimum atomic E-state index is -1.43. The third kappa shape index (κ3) is 13.3. The van der Waals surface area contributed by atoms with Gasteiger partial charge in [-0.3, -0.25) is 29.0 Å². The van der Waals surface area contributed by atoms with Crippen LogP contribution < -0.4 is 38.5 Å². The third-order valence-electron chi connectivity index (χ3n) is 5.74. The summed E-state index contributed by atoms with van der Waals surface area (Å²) in [7, 11) is 0. The zero-order valence-corrected chi connectivity index (χ0v) is 23.8. The van der Waals surface area contributed by atoms with Gasteiger partial charge >= 0.3 is 11.9 Å². The number of imidazole rings is 1. The number of nitrogens with zero attached hydrogens (tertiary/aromatic N) is 2. The van der Waals surface area contributed by atoms with Gasteiger partial charge in [-0.15, -0.1) is 0 Å². The van der Waals surface area contributed by atoms with Crippen LogP contribution in [0.1, 0.15) is 38.3 Å². The summed E-state index contributed by atoms with van der Waals surface area (Å²) in [6.45, 7) is 1.42. The van der Waals surface area contributed by atoms with Crippen molar-refractivity contribution in [2.45, 2.75) is 69.2 Å². The minimum absolute atomic E-state index is 0.00384. The Bertz CT molecular complexity index is 1110. The average Bonchev–Trinajstić information content (AvgIpc) is 3.44. The lowest BCUT2D eigenvalue weighted by atomic mass is 10.1.